The van der Waals surface area contributed by atoms with E-state index in [4.69, 9.17) is 15.0 Å². The van der Waals surface area contributed by atoms with Gasteiger partial charge in [-0.25, -0.2) is 15.0 Å². The van der Waals surface area contributed by atoms with Crippen molar-refractivity contribution < 1.29 is 0 Å². The number of allylic oxidation sites excluding steroid dienone is 6. The van der Waals surface area contributed by atoms with Gasteiger partial charge >= 0.3 is 0 Å². The molecule has 0 unspecified atom stereocenters. The zero-order valence-corrected chi connectivity index (χ0v) is 34.0. The molecule has 0 saturated heterocycles. The Balaban J connectivity index is 1.08. The first kappa shape index (κ1) is 36.8. The highest BCUT2D eigenvalue weighted by Crippen LogP contribution is 2.42. The number of fused-ring (bicyclic) bond motifs is 6. The lowest BCUT2D eigenvalue weighted by atomic mass is 9.93. The first-order valence-electron chi connectivity index (χ1n) is 21.0. The molecule has 0 N–H and O–H groups in total. The Kier molecular flexibility index (Phi) is 9.36. The average molecular weight is 793 g/mol. The number of benzene rings is 7. The molecule has 0 saturated carbocycles. The third-order valence-electron chi connectivity index (χ3n) is 11.8. The van der Waals surface area contributed by atoms with Crippen molar-refractivity contribution in [1.82, 2.24) is 19.5 Å². The Morgan fingerprint density at radius 3 is 1.85 bits per heavy atom. The second kappa shape index (κ2) is 15.8. The Morgan fingerprint density at radius 1 is 0.500 bits per heavy atom. The highest BCUT2D eigenvalue weighted by Gasteiger charge is 2.23. The fraction of sp³-hybridized carbons (Fsp3) is 0.0172. The molecule has 292 valence electrons. The third kappa shape index (κ3) is 6.74. The fourth-order valence-electron chi connectivity index (χ4n) is 8.71. The molecule has 0 amide bonds. The standard InChI is InChI=1S/C58H40N4/c1-39-17-5-2-6-20-41-21-11-12-24-46(41)37-50(39)56-55-49-26-14-16-28-54(49)62(57(55)48-25-13-15-27-51(48)59-56)47-35-33-44(34-36-47)53-38-52(60-58(61-53)45-22-9-4-10-23-45)43-31-29-42(30-32-43)40-18-7-3-8-19-40/h2-19,21-38H,1,20H2/b6-2-,17-5-,50-37?. The van der Waals surface area contributed by atoms with Crippen LogP contribution < -0.4 is 0 Å². The summed E-state index contributed by atoms with van der Waals surface area (Å²) >= 11 is 0. The normalized spacial score (nSPS) is 13.8. The van der Waals surface area contributed by atoms with Gasteiger partial charge in [0, 0.05) is 44.1 Å². The number of nitrogens with zero attached hydrogens (tertiary/aromatic N) is 4. The van der Waals surface area contributed by atoms with Crippen LogP contribution in [-0.2, 0) is 6.42 Å². The molecule has 1 aliphatic carbocycles. The zero-order chi connectivity index (χ0) is 41.4. The van der Waals surface area contributed by atoms with Gasteiger partial charge in [0.25, 0.3) is 0 Å². The molecule has 0 bridgehead atoms. The van der Waals surface area contributed by atoms with Crippen molar-refractivity contribution >= 4 is 44.4 Å². The molecule has 1 aliphatic rings. The number of para-hydroxylation sites is 2. The lowest BCUT2D eigenvalue weighted by Gasteiger charge is -2.15. The van der Waals surface area contributed by atoms with Crippen molar-refractivity contribution in [2.24, 2.45) is 0 Å². The molecular formula is C58H40N4. The Hall–Kier alpha value is -8.21. The predicted molar refractivity (Wildman–Crippen MR) is 259 cm³/mol. The first-order valence-corrected chi connectivity index (χ1v) is 21.0. The Labute approximate surface area is 360 Å². The highest BCUT2D eigenvalue weighted by atomic mass is 15.0. The zero-order valence-electron chi connectivity index (χ0n) is 34.0. The minimum absolute atomic E-state index is 0.688. The molecule has 62 heavy (non-hydrogen) atoms. The predicted octanol–water partition coefficient (Wildman–Crippen LogP) is 14.6. The van der Waals surface area contributed by atoms with Crippen LogP contribution in [0.25, 0.3) is 95.1 Å². The van der Waals surface area contributed by atoms with Gasteiger partial charge in [0.15, 0.2) is 5.82 Å². The van der Waals surface area contributed by atoms with E-state index in [-0.39, 0.29) is 0 Å². The van der Waals surface area contributed by atoms with Crippen LogP contribution in [0.2, 0.25) is 0 Å². The van der Waals surface area contributed by atoms with Crippen molar-refractivity contribution in [2.45, 2.75) is 6.42 Å². The van der Waals surface area contributed by atoms with Gasteiger partial charge in [-0.2, -0.15) is 0 Å². The van der Waals surface area contributed by atoms with Gasteiger partial charge in [0.1, 0.15) is 0 Å². The highest BCUT2D eigenvalue weighted by molar-refractivity contribution is 6.22. The molecule has 0 aliphatic heterocycles. The number of pyridine rings is 1. The molecule has 11 rings (SSSR count). The van der Waals surface area contributed by atoms with E-state index in [9.17, 15) is 0 Å². The van der Waals surface area contributed by atoms with Crippen molar-refractivity contribution in [3.63, 3.8) is 0 Å². The molecule has 3 heterocycles. The number of hydrogen-bond acceptors (Lipinski definition) is 3. The Morgan fingerprint density at radius 2 is 1.10 bits per heavy atom. The maximum absolute atomic E-state index is 5.47. The summed E-state index contributed by atoms with van der Waals surface area (Å²) in [7, 11) is 0. The summed E-state index contributed by atoms with van der Waals surface area (Å²) < 4.78 is 2.40. The van der Waals surface area contributed by atoms with Crippen LogP contribution in [0.5, 0.6) is 0 Å². The topological polar surface area (TPSA) is 43.6 Å². The lowest BCUT2D eigenvalue weighted by molar-refractivity contribution is 1.17. The average Bonchev–Trinajstić information content (AvgIpc) is 3.69. The summed E-state index contributed by atoms with van der Waals surface area (Å²) in [4.78, 5) is 15.7. The van der Waals surface area contributed by atoms with Crippen molar-refractivity contribution in [3.05, 3.63) is 241 Å². The van der Waals surface area contributed by atoms with E-state index in [0.717, 1.165) is 89.7 Å². The molecule has 7 aromatic carbocycles. The van der Waals surface area contributed by atoms with Crippen LogP contribution in [-0.4, -0.2) is 19.5 Å². The van der Waals surface area contributed by atoms with Crippen molar-refractivity contribution in [2.75, 3.05) is 0 Å². The molecule has 3 aromatic heterocycles. The summed E-state index contributed by atoms with van der Waals surface area (Å²) in [6, 6.07) is 66.0. The number of hydrogen-bond donors (Lipinski definition) is 0. The van der Waals surface area contributed by atoms with Crippen LogP contribution in [0, 0.1) is 0 Å². The summed E-state index contributed by atoms with van der Waals surface area (Å²) in [6.07, 6.45) is 11.6. The van der Waals surface area contributed by atoms with Crippen LogP contribution in [0.3, 0.4) is 0 Å². The fourth-order valence-corrected chi connectivity index (χ4v) is 8.71. The monoisotopic (exact) mass is 792 g/mol. The van der Waals surface area contributed by atoms with Gasteiger partial charge in [-0.1, -0.05) is 189 Å². The molecule has 4 nitrogen and oxygen atoms in total. The van der Waals surface area contributed by atoms with E-state index in [2.05, 4.69) is 205 Å². The van der Waals surface area contributed by atoms with E-state index in [0.29, 0.717) is 5.82 Å². The van der Waals surface area contributed by atoms with Gasteiger partial charge in [-0.15, -0.1) is 0 Å². The number of rotatable bonds is 6. The molecule has 10 aromatic rings. The quantitative estimate of drug-likeness (QED) is 0.168. The van der Waals surface area contributed by atoms with E-state index in [1.54, 1.807) is 0 Å². The Bertz CT molecular complexity index is 3410. The summed E-state index contributed by atoms with van der Waals surface area (Å²) in [6.45, 7) is 4.61. The minimum atomic E-state index is 0.688. The van der Waals surface area contributed by atoms with Crippen LogP contribution >= 0.6 is 0 Å². The van der Waals surface area contributed by atoms with Crippen LogP contribution in [0.1, 0.15) is 16.8 Å². The van der Waals surface area contributed by atoms with Gasteiger partial charge in [0.05, 0.1) is 33.6 Å². The third-order valence-corrected chi connectivity index (χ3v) is 11.8. The summed E-state index contributed by atoms with van der Waals surface area (Å²) in [5.74, 6) is 0.688. The molecule has 4 heteroatoms. The van der Waals surface area contributed by atoms with E-state index in [1.165, 1.54) is 22.3 Å². The van der Waals surface area contributed by atoms with Crippen LogP contribution in [0.15, 0.2) is 225 Å². The summed E-state index contributed by atoms with van der Waals surface area (Å²) in [5.41, 5.74) is 16.5. The van der Waals surface area contributed by atoms with E-state index < -0.39 is 0 Å². The minimum Gasteiger partial charge on any atom is -0.308 e. The smallest absolute Gasteiger partial charge is 0.160 e. The largest absolute Gasteiger partial charge is 0.308 e. The maximum atomic E-state index is 5.47. The SMILES string of the molecule is C=C1/C=C\C=C/Cc2ccccc2C=C1c1nc2ccccc2c2c1c1ccccc1n2-c1ccc(-c2cc(-c3ccc(-c4ccccc4)cc3)nc(-c3ccccc3)n2)cc1. The van der Waals surface area contributed by atoms with Crippen molar-refractivity contribution in [1.29, 1.82) is 0 Å². The molecule has 0 radical (unpaired) electrons. The number of aromatic nitrogens is 4. The summed E-state index contributed by atoms with van der Waals surface area (Å²) in [5, 5.41) is 3.32. The van der Waals surface area contributed by atoms with Gasteiger partial charge in [-0.3, -0.25) is 0 Å². The van der Waals surface area contributed by atoms with E-state index >= 15 is 0 Å². The molecule has 0 fully saturated rings. The first-order chi connectivity index (χ1) is 30.7. The van der Waals surface area contributed by atoms with Crippen LogP contribution in [0.4, 0.5) is 0 Å². The van der Waals surface area contributed by atoms with Gasteiger partial charge < -0.3 is 4.57 Å². The van der Waals surface area contributed by atoms with Gasteiger partial charge in [0.2, 0.25) is 0 Å². The molecule has 0 atom stereocenters. The maximum Gasteiger partial charge on any atom is 0.160 e. The van der Waals surface area contributed by atoms with E-state index in [1.807, 2.05) is 24.3 Å². The second-order valence-corrected chi connectivity index (χ2v) is 15.6. The molecule has 0 spiro atoms. The molecular weight excluding hydrogens is 753 g/mol. The van der Waals surface area contributed by atoms with Crippen molar-refractivity contribution in [3.8, 4) is 50.7 Å². The second-order valence-electron chi connectivity index (χ2n) is 15.6. The van der Waals surface area contributed by atoms with Gasteiger partial charge in [-0.05, 0) is 70.7 Å². The lowest BCUT2D eigenvalue weighted by Crippen LogP contribution is -1.99.